The molecule has 1 amide bonds. The highest BCUT2D eigenvalue weighted by molar-refractivity contribution is 5.95. The average Bonchev–Trinajstić information content (AvgIpc) is 2.81. The highest BCUT2D eigenvalue weighted by Crippen LogP contribution is 2.26. The number of hydrogen-bond donors (Lipinski definition) is 2. The van der Waals surface area contributed by atoms with Gasteiger partial charge in [0.15, 0.2) is 0 Å². The van der Waals surface area contributed by atoms with Crippen molar-refractivity contribution in [3.05, 3.63) is 35.1 Å². The normalized spacial score (nSPS) is 19.8. The van der Waals surface area contributed by atoms with Crippen LogP contribution in [0.4, 0.5) is 4.39 Å². The van der Waals surface area contributed by atoms with E-state index >= 15 is 0 Å². The van der Waals surface area contributed by atoms with Crippen LogP contribution in [0.2, 0.25) is 0 Å². The first kappa shape index (κ1) is 11.1. The van der Waals surface area contributed by atoms with Crippen LogP contribution >= 0.6 is 0 Å². The molecule has 2 rings (SSSR count). The monoisotopic (exact) mass is 222 g/mol. The summed E-state index contributed by atoms with van der Waals surface area (Å²) in [5, 5.41) is 5.85. The van der Waals surface area contributed by atoms with Crippen LogP contribution in [-0.4, -0.2) is 19.5 Å². The van der Waals surface area contributed by atoms with E-state index in [1.54, 1.807) is 13.1 Å². The van der Waals surface area contributed by atoms with Crippen LogP contribution in [0.1, 0.15) is 34.8 Å². The van der Waals surface area contributed by atoms with Gasteiger partial charge in [-0.05, 0) is 43.1 Å². The molecule has 1 saturated heterocycles. The van der Waals surface area contributed by atoms with Crippen molar-refractivity contribution in [3.8, 4) is 0 Å². The molecule has 1 aliphatic heterocycles. The molecule has 0 aliphatic carbocycles. The van der Waals surface area contributed by atoms with Gasteiger partial charge < -0.3 is 10.6 Å². The first-order valence-electron chi connectivity index (χ1n) is 5.47. The molecule has 0 radical (unpaired) electrons. The summed E-state index contributed by atoms with van der Waals surface area (Å²) >= 11 is 0. The van der Waals surface area contributed by atoms with Gasteiger partial charge in [0.05, 0.1) is 0 Å². The maximum Gasteiger partial charge on any atom is 0.251 e. The summed E-state index contributed by atoms with van der Waals surface area (Å²) in [4.78, 5) is 11.6. The van der Waals surface area contributed by atoms with E-state index in [0.717, 1.165) is 24.9 Å². The molecule has 2 N–H and O–H groups in total. The number of benzene rings is 1. The van der Waals surface area contributed by atoms with Crippen molar-refractivity contribution in [2.75, 3.05) is 13.6 Å². The van der Waals surface area contributed by atoms with E-state index in [-0.39, 0.29) is 17.8 Å². The van der Waals surface area contributed by atoms with Crippen LogP contribution in [0, 0.1) is 5.82 Å². The molecule has 1 fully saturated rings. The minimum Gasteiger partial charge on any atom is -0.355 e. The van der Waals surface area contributed by atoms with Crippen molar-refractivity contribution in [2.45, 2.75) is 18.9 Å². The predicted octanol–water partition coefficient (Wildman–Crippen LogP) is 1.61. The molecule has 1 aliphatic rings. The lowest BCUT2D eigenvalue weighted by atomic mass is 9.98. The molecule has 3 nitrogen and oxygen atoms in total. The van der Waals surface area contributed by atoms with Crippen LogP contribution in [0.5, 0.6) is 0 Å². The molecule has 0 aromatic heterocycles. The molecule has 1 heterocycles. The second kappa shape index (κ2) is 4.61. The molecular formula is C12H15FN2O. The summed E-state index contributed by atoms with van der Waals surface area (Å²) in [6.07, 6.45) is 2.02. The highest BCUT2D eigenvalue weighted by atomic mass is 19.1. The van der Waals surface area contributed by atoms with Gasteiger partial charge in [0.1, 0.15) is 5.82 Å². The maximum absolute atomic E-state index is 13.2. The number of nitrogens with one attached hydrogen (secondary N) is 2. The summed E-state index contributed by atoms with van der Waals surface area (Å²) < 4.78 is 13.2. The van der Waals surface area contributed by atoms with Gasteiger partial charge in [0.25, 0.3) is 5.91 Å². The quantitative estimate of drug-likeness (QED) is 0.798. The Kier molecular flexibility index (Phi) is 3.19. The van der Waals surface area contributed by atoms with E-state index in [2.05, 4.69) is 10.6 Å². The molecule has 0 saturated carbocycles. The average molecular weight is 222 g/mol. The number of halogens is 1. The minimum atomic E-state index is -0.295. The summed E-state index contributed by atoms with van der Waals surface area (Å²) in [6.45, 7) is 0.925. The Bertz CT molecular complexity index is 400. The van der Waals surface area contributed by atoms with E-state index in [4.69, 9.17) is 0 Å². The molecule has 0 unspecified atom stereocenters. The standard InChI is InChI=1S/C12H15FN2O/c1-14-12(16)9-5-4-8(13)7-10(9)11-3-2-6-15-11/h4-5,7,11,15H,2-3,6H2,1H3,(H,14,16)/t11-/m1/s1. The van der Waals surface area contributed by atoms with Crippen LogP contribution < -0.4 is 10.6 Å². The van der Waals surface area contributed by atoms with Crippen molar-refractivity contribution in [1.29, 1.82) is 0 Å². The number of carbonyl (C=O) groups is 1. The molecule has 0 spiro atoms. The van der Waals surface area contributed by atoms with Gasteiger partial charge in [-0.2, -0.15) is 0 Å². The molecule has 1 aromatic carbocycles. The fourth-order valence-electron chi connectivity index (χ4n) is 2.11. The van der Waals surface area contributed by atoms with Crippen molar-refractivity contribution in [3.63, 3.8) is 0 Å². The zero-order chi connectivity index (χ0) is 11.5. The van der Waals surface area contributed by atoms with Crippen molar-refractivity contribution in [2.24, 2.45) is 0 Å². The van der Waals surface area contributed by atoms with Gasteiger partial charge >= 0.3 is 0 Å². The smallest absolute Gasteiger partial charge is 0.251 e. The first-order valence-corrected chi connectivity index (χ1v) is 5.47. The Labute approximate surface area is 94.0 Å². The van der Waals surface area contributed by atoms with Crippen LogP contribution in [0.25, 0.3) is 0 Å². The second-order valence-corrected chi connectivity index (χ2v) is 3.96. The highest BCUT2D eigenvalue weighted by Gasteiger charge is 2.22. The second-order valence-electron chi connectivity index (χ2n) is 3.96. The zero-order valence-electron chi connectivity index (χ0n) is 9.22. The molecule has 86 valence electrons. The zero-order valence-corrected chi connectivity index (χ0v) is 9.22. The summed E-state index contributed by atoms with van der Waals surface area (Å²) in [6, 6.07) is 4.42. The van der Waals surface area contributed by atoms with Crippen molar-refractivity contribution >= 4 is 5.91 Å². The topological polar surface area (TPSA) is 41.1 Å². The molecule has 16 heavy (non-hydrogen) atoms. The van der Waals surface area contributed by atoms with Gasteiger partial charge in [-0.15, -0.1) is 0 Å². The third-order valence-corrected chi connectivity index (χ3v) is 2.92. The Morgan fingerprint density at radius 2 is 2.38 bits per heavy atom. The van der Waals surface area contributed by atoms with E-state index in [1.807, 2.05) is 0 Å². The van der Waals surface area contributed by atoms with Crippen LogP contribution in [0.15, 0.2) is 18.2 Å². The number of amides is 1. The number of hydrogen-bond acceptors (Lipinski definition) is 2. The van der Waals surface area contributed by atoms with Crippen molar-refractivity contribution in [1.82, 2.24) is 10.6 Å². The predicted molar refractivity (Wildman–Crippen MR) is 59.8 cm³/mol. The van der Waals surface area contributed by atoms with Gasteiger partial charge in [-0.3, -0.25) is 4.79 Å². The van der Waals surface area contributed by atoms with Gasteiger partial charge in [0.2, 0.25) is 0 Å². The fraction of sp³-hybridized carbons (Fsp3) is 0.417. The van der Waals surface area contributed by atoms with Crippen LogP contribution in [0.3, 0.4) is 0 Å². The van der Waals surface area contributed by atoms with Gasteiger partial charge in [0, 0.05) is 18.7 Å². The maximum atomic E-state index is 13.2. The Balaban J connectivity index is 2.39. The molecule has 4 heteroatoms. The SMILES string of the molecule is CNC(=O)c1ccc(F)cc1[C@H]1CCCN1. The third-order valence-electron chi connectivity index (χ3n) is 2.92. The lowest BCUT2D eigenvalue weighted by Crippen LogP contribution is -2.23. The Morgan fingerprint density at radius 1 is 1.56 bits per heavy atom. The lowest BCUT2D eigenvalue weighted by molar-refractivity contribution is 0.0961. The molecule has 1 aromatic rings. The molecular weight excluding hydrogens is 207 g/mol. The largest absolute Gasteiger partial charge is 0.355 e. The van der Waals surface area contributed by atoms with Crippen LogP contribution in [-0.2, 0) is 0 Å². The summed E-state index contributed by atoms with van der Waals surface area (Å²) in [5.74, 6) is -0.458. The first-order chi connectivity index (χ1) is 7.72. The lowest BCUT2D eigenvalue weighted by Gasteiger charge is -2.15. The third kappa shape index (κ3) is 2.07. The minimum absolute atomic E-state index is 0.1000. The van der Waals surface area contributed by atoms with Crippen molar-refractivity contribution < 1.29 is 9.18 Å². The fourth-order valence-corrected chi connectivity index (χ4v) is 2.11. The summed E-state index contributed by atoms with van der Waals surface area (Å²) in [5.41, 5.74) is 1.32. The van der Waals surface area contributed by atoms with E-state index in [9.17, 15) is 9.18 Å². The molecule has 0 bridgehead atoms. The molecule has 1 atom stereocenters. The van der Waals surface area contributed by atoms with Gasteiger partial charge in [-0.1, -0.05) is 0 Å². The summed E-state index contributed by atoms with van der Waals surface area (Å²) in [7, 11) is 1.58. The number of carbonyl (C=O) groups excluding carboxylic acids is 1. The number of rotatable bonds is 2. The van der Waals surface area contributed by atoms with E-state index in [0.29, 0.717) is 5.56 Å². The van der Waals surface area contributed by atoms with Gasteiger partial charge in [-0.25, -0.2) is 4.39 Å². The Morgan fingerprint density at radius 3 is 3.00 bits per heavy atom. The van der Waals surface area contributed by atoms with E-state index < -0.39 is 0 Å². The van der Waals surface area contributed by atoms with E-state index in [1.165, 1.54) is 12.1 Å². The Hall–Kier alpha value is -1.42.